The highest BCUT2D eigenvalue weighted by molar-refractivity contribution is 7.22. The summed E-state index contributed by atoms with van der Waals surface area (Å²) in [6.07, 6.45) is 5.36. The summed E-state index contributed by atoms with van der Waals surface area (Å²) in [6.45, 7) is 2.37. The van der Waals surface area contributed by atoms with Gasteiger partial charge in [-0.2, -0.15) is 0 Å². The van der Waals surface area contributed by atoms with Crippen molar-refractivity contribution >= 4 is 44.2 Å². The van der Waals surface area contributed by atoms with Crippen molar-refractivity contribution in [2.45, 2.75) is 39.0 Å². The van der Waals surface area contributed by atoms with Crippen LogP contribution in [0, 0.1) is 5.92 Å². The highest BCUT2D eigenvalue weighted by Gasteiger charge is 2.22. The molecule has 1 aliphatic carbocycles. The van der Waals surface area contributed by atoms with E-state index in [1.54, 1.807) is 12.1 Å². The van der Waals surface area contributed by atoms with Crippen LogP contribution in [0.1, 0.15) is 49.4 Å². The van der Waals surface area contributed by atoms with Gasteiger partial charge in [-0.25, -0.2) is 4.98 Å². The molecule has 0 unspecified atom stereocenters. The van der Waals surface area contributed by atoms with Gasteiger partial charge in [0.25, 0.3) is 5.91 Å². The maximum atomic E-state index is 12.7. The van der Waals surface area contributed by atoms with Crippen LogP contribution < -0.4 is 15.4 Å². The first-order valence-electron chi connectivity index (χ1n) is 10.4. The minimum Gasteiger partial charge on any atom is -0.493 e. The normalized spacial score (nSPS) is 14.4. The van der Waals surface area contributed by atoms with E-state index >= 15 is 0 Å². The highest BCUT2D eigenvalue weighted by Crippen LogP contribution is 2.30. The molecule has 1 aliphatic rings. The van der Waals surface area contributed by atoms with Crippen LogP contribution in [0.2, 0.25) is 0 Å². The van der Waals surface area contributed by atoms with Crippen LogP contribution in [-0.4, -0.2) is 23.4 Å². The van der Waals surface area contributed by atoms with Crippen LogP contribution >= 0.6 is 11.3 Å². The Hall–Kier alpha value is -2.93. The molecule has 0 spiro atoms. The van der Waals surface area contributed by atoms with Gasteiger partial charge in [-0.15, -0.1) is 0 Å². The number of fused-ring (bicyclic) bond motifs is 1. The van der Waals surface area contributed by atoms with Gasteiger partial charge < -0.3 is 15.4 Å². The number of anilines is 2. The molecule has 0 atom stereocenters. The molecule has 2 N–H and O–H groups in total. The first-order valence-corrected chi connectivity index (χ1v) is 11.2. The van der Waals surface area contributed by atoms with Gasteiger partial charge in [0.1, 0.15) is 5.75 Å². The average Bonchev–Trinajstić information content (AvgIpc) is 3.16. The van der Waals surface area contributed by atoms with E-state index in [0.717, 1.165) is 35.9 Å². The Kier molecular flexibility index (Phi) is 6.28. The molecule has 3 aromatic rings. The van der Waals surface area contributed by atoms with Gasteiger partial charge in [0, 0.05) is 11.6 Å². The largest absolute Gasteiger partial charge is 0.493 e. The number of benzene rings is 2. The predicted molar refractivity (Wildman–Crippen MR) is 120 cm³/mol. The number of rotatable bonds is 6. The molecule has 4 rings (SSSR count). The second-order valence-electron chi connectivity index (χ2n) is 7.41. The van der Waals surface area contributed by atoms with Gasteiger partial charge in [-0.3, -0.25) is 9.59 Å². The molecule has 1 aromatic heterocycles. The molecule has 2 aromatic carbocycles. The van der Waals surface area contributed by atoms with Gasteiger partial charge in [0.05, 0.1) is 22.4 Å². The fourth-order valence-corrected chi connectivity index (χ4v) is 4.61. The molecule has 7 heteroatoms. The van der Waals surface area contributed by atoms with Crippen molar-refractivity contribution in [3.05, 3.63) is 48.0 Å². The van der Waals surface area contributed by atoms with Gasteiger partial charge in [-0.1, -0.05) is 42.7 Å². The number of nitrogens with one attached hydrogen (secondary N) is 2. The van der Waals surface area contributed by atoms with E-state index in [0.29, 0.717) is 28.7 Å². The lowest BCUT2D eigenvalue weighted by Crippen LogP contribution is -2.24. The Morgan fingerprint density at radius 2 is 1.90 bits per heavy atom. The van der Waals surface area contributed by atoms with E-state index in [-0.39, 0.29) is 17.7 Å². The van der Waals surface area contributed by atoms with Crippen molar-refractivity contribution in [2.75, 3.05) is 17.2 Å². The number of carbonyl (C=O) groups excluding carboxylic acids is 2. The first kappa shape index (κ1) is 20.3. The van der Waals surface area contributed by atoms with E-state index in [4.69, 9.17) is 4.74 Å². The summed E-state index contributed by atoms with van der Waals surface area (Å²) in [5.41, 5.74) is 1.88. The van der Waals surface area contributed by atoms with Gasteiger partial charge >= 0.3 is 0 Å². The molecule has 1 saturated carbocycles. The standard InChI is InChI=1S/C23H25N3O3S/c1-2-29-19-11-7-6-10-17(19)22(28)24-16-12-13-20-18(14-16)25-23(30-20)26-21(27)15-8-4-3-5-9-15/h6-7,10-15H,2-5,8-9H2,1H3,(H,24,28)(H,25,26,27). The minimum atomic E-state index is -0.237. The number of carbonyl (C=O) groups is 2. The van der Waals surface area contributed by atoms with Crippen molar-refractivity contribution in [1.29, 1.82) is 0 Å². The molecule has 0 radical (unpaired) electrons. The molecule has 0 saturated heterocycles. The van der Waals surface area contributed by atoms with Crippen molar-refractivity contribution in [1.82, 2.24) is 4.98 Å². The molecule has 2 amide bonds. The number of nitrogens with zero attached hydrogens (tertiary/aromatic N) is 1. The summed E-state index contributed by atoms with van der Waals surface area (Å²) in [5, 5.41) is 6.49. The Balaban J connectivity index is 1.47. The smallest absolute Gasteiger partial charge is 0.259 e. The van der Waals surface area contributed by atoms with Crippen LogP contribution in [0.4, 0.5) is 10.8 Å². The average molecular weight is 424 g/mol. The number of ether oxygens (including phenoxy) is 1. The summed E-state index contributed by atoms with van der Waals surface area (Å²) in [4.78, 5) is 29.7. The lowest BCUT2D eigenvalue weighted by atomic mass is 9.89. The van der Waals surface area contributed by atoms with E-state index in [1.165, 1.54) is 17.8 Å². The lowest BCUT2D eigenvalue weighted by molar-refractivity contribution is -0.120. The van der Waals surface area contributed by atoms with Crippen molar-refractivity contribution < 1.29 is 14.3 Å². The zero-order chi connectivity index (χ0) is 20.9. The first-order chi connectivity index (χ1) is 14.6. The second kappa shape index (κ2) is 9.26. The van der Waals surface area contributed by atoms with Crippen LogP contribution in [0.5, 0.6) is 5.75 Å². The third-order valence-corrected chi connectivity index (χ3v) is 6.23. The second-order valence-corrected chi connectivity index (χ2v) is 8.44. The third kappa shape index (κ3) is 4.62. The molecular formula is C23H25N3O3S. The molecule has 0 bridgehead atoms. The summed E-state index contributed by atoms with van der Waals surface area (Å²) in [5.74, 6) is 0.472. The molecule has 156 valence electrons. The van der Waals surface area contributed by atoms with Crippen molar-refractivity contribution in [3.63, 3.8) is 0 Å². The summed E-state index contributed by atoms with van der Waals surface area (Å²) < 4.78 is 6.50. The molecule has 1 fully saturated rings. The monoisotopic (exact) mass is 423 g/mol. The molecule has 1 heterocycles. The van der Waals surface area contributed by atoms with E-state index < -0.39 is 0 Å². The number of hydrogen-bond acceptors (Lipinski definition) is 5. The molecule has 6 nitrogen and oxygen atoms in total. The molecule has 0 aliphatic heterocycles. The SMILES string of the molecule is CCOc1ccccc1C(=O)Nc1ccc2sc(NC(=O)C3CCCCC3)nc2c1. The summed E-state index contributed by atoms with van der Waals surface area (Å²) >= 11 is 1.45. The maximum Gasteiger partial charge on any atom is 0.259 e. The summed E-state index contributed by atoms with van der Waals surface area (Å²) in [7, 11) is 0. The predicted octanol–water partition coefficient (Wildman–Crippen LogP) is 5.47. The van der Waals surface area contributed by atoms with E-state index in [1.807, 2.05) is 37.3 Å². The topological polar surface area (TPSA) is 80.3 Å². The number of thiazole rings is 1. The van der Waals surface area contributed by atoms with Crippen LogP contribution in [-0.2, 0) is 4.79 Å². The summed E-state index contributed by atoms with van der Waals surface area (Å²) in [6, 6.07) is 12.7. The van der Waals surface area contributed by atoms with Crippen molar-refractivity contribution in [3.8, 4) is 5.75 Å². The maximum absolute atomic E-state index is 12.7. The van der Waals surface area contributed by atoms with E-state index in [9.17, 15) is 9.59 Å². The number of para-hydroxylation sites is 1. The van der Waals surface area contributed by atoms with Crippen LogP contribution in [0.3, 0.4) is 0 Å². The van der Waals surface area contributed by atoms with E-state index in [2.05, 4.69) is 15.6 Å². The Bertz CT molecular complexity index is 1060. The zero-order valence-electron chi connectivity index (χ0n) is 16.9. The number of hydrogen-bond donors (Lipinski definition) is 2. The number of aromatic nitrogens is 1. The fraction of sp³-hybridized carbons (Fsp3) is 0.348. The third-order valence-electron chi connectivity index (χ3n) is 5.28. The highest BCUT2D eigenvalue weighted by atomic mass is 32.1. The minimum absolute atomic E-state index is 0.0646. The Labute approximate surface area is 179 Å². The quantitative estimate of drug-likeness (QED) is 0.551. The van der Waals surface area contributed by atoms with Gasteiger partial charge in [-0.05, 0) is 50.1 Å². The lowest BCUT2D eigenvalue weighted by Gasteiger charge is -2.19. The molecule has 30 heavy (non-hydrogen) atoms. The zero-order valence-corrected chi connectivity index (χ0v) is 17.8. The Morgan fingerprint density at radius 3 is 2.70 bits per heavy atom. The Morgan fingerprint density at radius 1 is 1.10 bits per heavy atom. The molecular weight excluding hydrogens is 398 g/mol. The van der Waals surface area contributed by atoms with Gasteiger partial charge in [0.2, 0.25) is 5.91 Å². The number of amides is 2. The van der Waals surface area contributed by atoms with Crippen LogP contribution in [0.25, 0.3) is 10.2 Å². The van der Waals surface area contributed by atoms with Crippen molar-refractivity contribution in [2.24, 2.45) is 5.92 Å². The fourth-order valence-electron chi connectivity index (χ4n) is 3.76. The van der Waals surface area contributed by atoms with Gasteiger partial charge in [0.15, 0.2) is 5.13 Å². The van der Waals surface area contributed by atoms with Crippen LogP contribution in [0.15, 0.2) is 42.5 Å².